The molecule has 30 heavy (non-hydrogen) atoms. The maximum absolute atomic E-state index is 12.5. The molecule has 0 saturated carbocycles. The van der Waals surface area contributed by atoms with Crippen molar-refractivity contribution < 1.29 is 22.7 Å². The average molecular weight is 429 g/mol. The van der Waals surface area contributed by atoms with Crippen LogP contribution in [0.15, 0.2) is 53.4 Å². The van der Waals surface area contributed by atoms with Gasteiger partial charge in [-0.1, -0.05) is 5.92 Å². The van der Waals surface area contributed by atoms with Crippen LogP contribution in [0.4, 0.5) is 5.69 Å². The summed E-state index contributed by atoms with van der Waals surface area (Å²) < 4.78 is 32.7. The molecule has 0 fully saturated rings. The molecule has 158 valence electrons. The normalized spacial score (nSPS) is 10.5. The monoisotopic (exact) mass is 429 g/mol. The fourth-order valence-electron chi connectivity index (χ4n) is 2.42. The van der Waals surface area contributed by atoms with Gasteiger partial charge in [0, 0.05) is 24.2 Å². The van der Waals surface area contributed by atoms with Gasteiger partial charge in [-0.25, -0.2) is 8.42 Å². The smallest absolute Gasteiger partial charge is 0.261 e. The molecule has 0 aliphatic heterocycles. The maximum atomic E-state index is 12.5. The van der Waals surface area contributed by atoms with Gasteiger partial charge in [-0.3, -0.25) is 14.3 Å². The van der Waals surface area contributed by atoms with Gasteiger partial charge < -0.3 is 15.4 Å². The lowest BCUT2D eigenvalue weighted by Gasteiger charge is -2.10. The number of carbonyl (C=O) groups is 2. The second-order valence-corrected chi connectivity index (χ2v) is 7.76. The molecule has 8 nitrogen and oxygen atoms in total. The molecule has 0 saturated heterocycles. The van der Waals surface area contributed by atoms with Crippen LogP contribution in [-0.4, -0.2) is 39.9 Å². The van der Waals surface area contributed by atoms with Crippen molar-refractivity contribution >= 4 is 27.5 Å². The zero-order chi connectivity index (χ0) is 22.0. The van der Waals surface area contributed by atoms with E-state index >= 15 is 0 Å². The molecule has 2 aromatic rings. The lowest BCUT2D eigenvalue weighted by molar-refractivity contribution is -0.120. The first-order valence-electron chi connectivity index (χ1n) is 9.20. The zero-order valence-electron chi connectivity index (χ0n) is 16.5. The minimum atomic E-state index is -3.77. The molecule has 0 atom stereocenters. The Morgan fingerprint density at radius 3 is 2.30 bits per heavy atom. The molecule has 0 aromatic heterocycles. The fourth-order valence-corrected chi connectivity index (χ4v) is 3.47. The Balaban J connectivity index is 1.92. The summed E-state index contributed by atoms with van der Waals surface area (Å²) in [5.74, 6) is 2.24. The standard InChI is InChI=1S/C21H23N3O5S/c1-3-14-22-20(25)13-15-23-21(26)16-5-7-17(8-6-16)24-30(27,28)19-11-9-18(10-12-19)29-4-2/h1,5-12,24H,4,13-15H2,2H3,(H,22,25)(H,23,26). The summed E-state index contributed by atoms with van der Waals surface area (Å²) in [5, 5.41) is 5.11. The summed E-state index contributed by atoms with van der Waals surface area (Å²) in [7, 11) is -3.77. The van der Waals surface area contributed by atoms with Gasteiger partial charge in [0.2, 0.25) is 5.91 Å². The van der Waals surface area contributed by atoms with Crippen LogP contribution in [0.25, 0.3) is 0 Å². The highest BCUT2D eigenvalue weighted by Crippen LogP contribution is 2.19. The van der Waals surface area contributed by atoms with Gasteiger partial charge in [-0.15, -0.1) is 6.42 Å². The van der Waals surface area contributed by atoms with Crippen molar-refractivity contribution in [3.63, 3.8) is 0 Å². The minimum Gasteiger partial charge on any atom is -0.494 e. The predicted molar refractivity (Wildman–Crippen MR) is 114 cm³/mol. The number of amides is 2. The van der Waals surface area contributed by atoms with Crippen molar-refractivity contribution in [3.05, 3.63) is 54.1 Å². The first-order chi connectivity index (χ1) is 14.4. The third-order valence-corrected chi connectivity index (χ3v) is 5.27. The van der Waals surface area contributed by atoms with Gasteiger partial charge in [0.05, 0.1) is 18.0 Å². The SMILES string of the molecule is C#CCNC(=O)CCNC(=O)c1ccc(NS(=O)(=O)c2ccc(OCC)cc2)cc1. The largest absolute Gasteiger partial charge is 0.494 e. The van der Waals surface area contributed by atoms with Crippen LogP contribution in [0.3, 0.4) is 0 Å². The number of anilines is 1. The molecule has 2 aromatic carbocycles. The van der Waals surface area contributed by atoms with Crippen LogP contribution in [0.2, 0.25) is 0 Å². The van der Waals surface area contributed by atoms with E-state index in [9.17, 15) is 18.0 Å². The Morgan fingerprint density at radius 1 is 1.03 bits per heavy atom. The van der Waals surface area contributed by atoms with Gasteiger partial charge >= 0.3 is 0 Å². The van der Waals surface area contributed by atoms with E-state index in [1.165, 1.54) is 36.4 Å². The van der Waals surface area contributed by atoms with Crippen LogP contribution < -0.4 is 20.1 Å². The fraction of sp³-hybridized carbons (Fsp3) is 0.238. The lowest BCUT2D eigenvalue weighted by Crippen LogP contribution is -2.30. The van der Waals surface area contributed by atoms with E-state index in [0.717, 1.165) is 0 Å². The molecule has 0 aliphatic carbocycles. The van der Waals surface area contributed by atoms with Crippen molar-refractivity contribution in [2.24, 2.45) is 0 Å². The van der Waals surface area contributed by atoms with Crippen molar-refractivity contribution in [1.82, 2.24) is 10.6 Å². The number of rotatable bonds is 10. The Hall–Kier alpha value is -3.51. The quantitative estimate of drug-likeness (QED) is 0.498. The van der Waals surface area contributed by atoms with Gasteiger partial charge in [0.15, 0.2) is 0 Å². The van der Waals surface area contributed by atoms with Crippen molar-refractivity contribution in [2.45, 2.75) is 18.2 Å². The molecule has 0 unspecified atom stereocenters. The third-order valence-electron chi connectivity index (χ3n) is 3.87. The molecule has 3 N–H and O–H groups in total. The summed E-state index contributed by atoms with van der Waals surface area (Å²) in [6, 6.07) is 12.0. The van der Waals surface area contributed by atoms with E-state index in [2.05, 4.69) is 21.3 Å². The molecule has 0 radical (unpaired) electrons. The van der Waals surface area contributed by atoms with E-state index in [1.54, 1.807) is 12.1 Å². The number of terminal acetylenes is 1. The van der Waals surface area contributed by atoms with Crippen molar-refractivity contribution in [1.29, 1.82) is 0 Å². The minimum absolute atomic E-state index is 0.0934. The molecule has 9 heteroatoms. The summed E-state index contributed by atoms with van der Waals surface area (Å²) in [6.07, 6.45) is 5.15. The Labute approximate surface area is 176 Å². The molecule has 0 heterocycles. The van der Waals surface area contributed by atoms with Crippen LogP contribution in [0.5, 0.6) is 5.75 Å². The van der Waals surface area contributed by atoms with Crippen LogP contribution in [0, 0.1) is 12.3 Å². The summed E-state index contributed by atoms with van der Waals surface area (Å²) in [6.45, 7) is 2.62. The Kier molecular flexibility index (Phi) is 8.26. The van der Waals surface area contributed by atoms with E-state index in [0.29, 0.717) is 23.6 Å². The van der Waals surface area contributed by atoms with E-state index in [1.807, 2.05) is 6.92 Å². The van der Waals surface area contributed by atoms with Gasteiger partial charge in [-0.05, 0) is 55.5 Å². The Bertz CT molecular complexity index is 1010. The molecule has 0 spiro atoms. The van der Waals surface area contributed by atoms with Crippen LogP contribution >= 0.6 is 0 Å². The number of benzene rings is 2. The number of ether oxygens (including phenoxy) is 1. The third kappa shape index (κ3) is 6.83. The molecular weight excluding hydrogens is 406 g/mol. The Morgan fingerprint density at radius 2 is 1.70 bits per heavy atom. The second-order valence-electron chi connectivity index (χ2n) is 6.07. The number of hydrogen-bond donors (Lipinski definition) is 3. The van der Waals surface area contributed by atoms with Gasteiger partial charge in [0.1, 0.15) is 5.75 Å². The van der Waals surface area contributed by atoms with Crippen molar-refractivity contribution in [2.75, 3.05) is 24.4 Å². The van der Waals surface area contributed by atoms with Crippen LogP contribution in [0.1, 0.15) is 23.7 Å². The highest BCUT2D eigenvalue weighted by molar-refractivity contribution is 7.92. The first kappa shape index (κ1) is 22.8. The highest BCUT2D eigenvalue weighted by Gasteiger charge is 2.15. The number of nitrogens with one attached hydrogen (secondary N) is 3. The van der Waals surface area contributed by atoms with Gasteiger partial charge in [0.25, 0.3) is 15.9 Å². The van der Waals surface area contributed by atoms with E-state index in [-0.39, 0.29) is 36.2 Å². The summed E-state index contributed by atoms with van der Waals surface area (Å²) in [4.78, 5) is 23.6. The van der Waals surface area contributed by atoms with E-state index < -0.39 is 10.0 Å². The number of carbonyl (C=O) groups excluding carboxylic acids is 2. The summed E-state index contributed by atoms with van der Waals surface area (Å²) >= 11 is 0. The van der Waals surface area contributed by atoms with Crippen LogP contribution in [-0.2, 0) is 14.8 Å². The second kappa shape index (κ2) is 10.9. The average Bonchev–Trinajstić information content (AvgIpc) is 2.73. The van der Waals surface area contributed by atoms with Gasteiger partial charge in [-0.2, -0.15) is 0 Å². The molecule has 2 amide bonds. The molecule has 2 rings (SSSR count). The lowest BCUT2D eigenvalue weighted by atomic mass is 10.2. The molecule has 0 bridgehead atoms. The first-order valence-corrected chi connectivity index (χ1v) is 10.7. The molecule has 0 aliphatic rings. The number of sulfonamides is 1. The topological polar surface area (TPSA) is 114 Å². The maximum Gasteiger partial charge on any atom is 0.261 e. The van der Waals surface area contributed by atoms with E-state index in [4.69, 9.17) is 11.2 Å². The summed E-state index contributed by atoms with van der Waals surface area (Å²) in [5.41, 5.74) is 0.650. The van der Waals surface area contributed by atoms with Crippen molar-refractivity contribution in [3.8, 4) is 18.1 Å². The predicted octanol–water partition coefficient (Wildman–Crippen LogP) is 1.76. The zero-order valence-corrected chi connectivity index (χ0v) is 17.3. The molecular formula is C21H23N3O5S. The number of hydrogen-bond acceptors (Lipinski definition) is 5. The highest BCUT2D eigenvalue weighted by atomic mass is 32.2.